The number of benzene rings is 1. The first-order valence-corrected chi connectivity index (χ1v) is 6.40. The summed E-state index contributed by atoms with van der Waals surface area (Å²) in [6, 6.07) is 9.72. The summed E-state index contributed by atoms with van der Waals surface area (Å²) < 4.78 is 5.18. The van der Waals surface area contributed by atoms with Crippen molar-refractivity contribution in [2.45, 2.75) is 13.1 Å². The number of nitrogens with zero attached hydrogens (tertiary/aromatic N) is 1. The van der Waals surface area contributed by atoms with E-state index in [9.17, 15) is 9.59 Å². The normalized spacial score (nSPS) is 10.1. The first kappa shape index (κ1) is 14.6. The number of carbonyl (C=O) groups excluding carboxylic acids is 1. The second-order valence-electron chi connectivity index (χ2n) is 4.60. The van der Waals surface area contributed by atoms with Crippen LogP contribution >= 0.6 is 0 Å². The average Bonchev–Trinajstić information content (AvgIpc) is 2.98. The Bertz CT molecular complexity index is 605. The van der Waals surface area contributed by atoms with E-state index in [1.807, 2.05) is 0 Å². The van der Waals surface area contributed by atoms with E-state index in [0.717, 1.165) is 5.56 Å². The summed E-state index contributed by atoms with van der Waals surface area (Å²) >= 11 is 0. The molecule has 0 saturated carbocycles. The molecule has 6 nitrogen and oxygen atoms in total. The number of carboxylic acids is 1. The quantitative estimate of drug-likeness (QED) is 0.884. The van der Waals surface area contributed by atoms with Crippen LogP contribution in [0.25, 0.3) is 0 Å². The van der Waals surface area contributed by atoms with Gasteiger partial charge in [0.1, 0.15) is 5.76 Å². The first-order valence-electron chi connectivity index (χ1n) is 6.40. The van der Waals surface area contributed by atoms with Gasteiger partial charge in [0, 0.05) is 13.6 Å². The highest BCUT2D eigenvalue weighted by Crippen LogP contribution is 2.06. The van der Waals surface area contributed by atoms with E-state index >= 15 is 0 Å². The second-order valence-corrected chi connectivity index (χ2v) is 4.60. The molecule has 2 aromatic rings. The number of furan rings is 1. The van der Waals surface area contributed by atoms with Crippen LogP contribution in [0.2, 0.25) is 0 Å². The van der Waals surface area contributed by atoms with Gasteiger partial charge >= 0.3 is 12.0 Å². The van der Waals surface area contributed by atoms with Crippen molar-refractivity contribution >= 4 is 12.0 Å². The molecule has 0 fully saturated rings. The maximum absolute atomic E-state index is 11.9. The second kappa shape index (κ2) is 6.60. The summed E-state index contributed by atoms with van der Waals surface area (Å²) in [6.07, 6.45) is 1.56. The number of carboxylic acid groups (broad SMARTS) is 1. The molecule has 0 unspecified atom stereocenters. The van der Waals surface area contributed by atoms with Gasteiger partial charge < -0.3 is 19.7 Å². The van der Waals surface area contributed by atoms with Crippen molar-refractivity contribution in [2.75, 3.05) is 7.05 Å². The maximum atomic E-state index is 11.9. The van der Waals surface area contributed by atoms with E-state index in [1.165, 1.54) is 17.0 Å². The SMILES string of the molecule is CN(Cc1ccco1)C(=O)NCc1ccc(C(=O)O)cc1. The third kappa shape index (κ3) is 4.10. The van der Waals surface area contributed by atoms with Gasteiger partial charge in [-0.05, 0) is 29.8 Å². The molecule has 2 rings (SSSR count). The van der Waals surface area contributed by atoms with Crippen molar-refractivity contribution in [1.29, 1.82) is 0 Å². The van der Waals surface area contributed by atoms with Gasteiger partial charge in [0.25, 0.3) is 0 Å². The third-order valence-corrected chi connectivity index (χ3v) is 2.96. The van der Waals surface area contributed by atoms with Crippen LogP contribution in [0.3, 0.4) is 0 Å². The third-order valence-electron chi connectivity index (χ3n) is 2.96. The fourth-order valence-electron chi connectivity index (χ4n) is 1.79. The number of rotatable bonds is 5. The molecule has 1 aromatic carbocycles. The minimum absolute atomic E-state index is 0.222. The largest absolute Gasteiger partial charge is 0.478 e. The summed E-state index contributed by atoms with van der Waals surface area (Å²) in [4.78, 5) is 24.1. The molecular weight excluding hydrogens is 272 g/mol. The smallest absolute Gasteiger partial charge is 0.335 e. The summed E-state index contributed by atoms with van der Waals surface area (Å²) in [7, 11) is 1.67. The molecule has 0 radical (unpaired) electrons. The Morgan fingerprint density at radius 1 is 1.24 bits per heavy atom. The van der Waals surface area contributed by atoms with Gasteiger partial charge in [-0.15, -0.1) is 0 Å². The van der Waals surface area contributed by atoms with Gasteiger partial charge in [-0.2, -0.15) is 0 Å². The Morgan fingerprint density at radius 3 is 2.52 bits per heavy atom. The molecular formula is C15H16N2O4. The van der Waals surface area contributed by atoms with Gasteiger partial charge in [-0.25, -0.2) is 9.59 Å². The van der Waals surface area contributed by atoms with Crippen molar-refractivity contribution in [3.8, 4) is 0 Å². The van der Waals surface area contributed by atoms with Gasteiger partial charge in [-0.3, -0.25) is 0 Å². The molecule has 110 valence electrons. The van der Waals surface area contributed by atoms with Crippen LogP contribution in [0, 0.1) is 0 Å². The van der Waals surface area contributed by atoms with Crippen molar-refractivity contribution < 1.29 is 19.1 Å². The summed E-state index contributed by atoms with van der Waals surface area (Å²) in [5, 5.41) is 11.6. The van der Waals surface area contributed by atoms with Crippen molar-refractivity contribution in [3.05, 3.63) is 59.5 Å². The maximum Gasteiger partial charge on any atom is 0.335 e. The predicted octanol–water partition coefficient (Wildman–Crippen LogP) is 2.32. The minimum atomic E-state index is -0.969. The number of carbonyl (C=O) groups is 2. The van der Waals surface area contributed by atoms with Crippen molar-refractivity contribution in [1.82, 2.24) is 10.2 Å². The standard InChI is InChI=1S/C15H16N2O4/c1-17(10-13-3-2-8-21-13)15(20)16-9-11-4-6-12(7-5-11)14(18)19/h2-8H,9-10H2,1H3,(H,16,20)(H,18,19). The fraction of sp³-hybridized carbons (Fsp3) is 0.200. The number of hydrogen-bond donors (Lipinski definition) is 2. The molecule has 2 N–H and O–H groups in total. The van der Waals surface area contributed by atoms with Crippen LogP contribution in [0.15, 0.2) is 47.1 Å². The number of aromatic carboxylic acids is 1. The Kier molecular flexibility index (Phi) is 4.61. The zero-order valence-corrected chi connectivity index (χ0v) is 11.6. The molecule has 21 heavy (non-hydrogen) atoms. The molecule has 1 heterocycles. The predicted molar refractivity (Wildman–Crippen MR) is 75.8 cm³/mol. The zero-order valence-electron chi connectivity index (χ0n) is 11.6. The molecule has 2 amide bonds. The van der Waals surface area contributed by atoms with Crippen LogP contribution < -0.4 is 5.32 Å². The lowest BCUT2D eigenvalue weighted by Crippen LogP contribution is -2.36. The van der Waals surface area contributed by atoms with Crippen molar-refractivity contribution in [3.63, 3.8) is 0 Å². The lowest BCUT2D eigenvalue weighted by atomic mass is 10.1. The Balaban J connectivity index is 1.84. The Morgan fingerprint density at radius 2 is 1.95 bits per heavy atom. The van der Waals surface area contributed by atoms with Crippen LogP contribution in [-0.2, 0) is 13.1 Å². The summed E-state index contributed by atoms with van der Waals surface area (Å²) in [6.45, 7) is 0.720. The molecule has 0 atom stereocenters. The highest BCUT2D eigenvalue weighted by molar-refractivity contribution is 5.87. The van der Waals surface area contributed by atoms with E-state index in [1.54, 1.807) is 37.6 Å². The van der Waals surface area contributed by atoms with Crippen LogP contribution in [-0.4, -0.2) is 29.1 Å². The number of amides is 2. The van der Waals surface area contributed by atoms with E-state index in [2.05, 4.69) is 5.32 Å². The molecule has 6 heteroatoms. The Hall–Kier alpha value is -2.76. The average molecular weight is 288 g/mol. The van der Waals surface area contributed by atoms with E-state index in [4.69, 9.17) is 9.52 Å². The van der Waals surface area contributed by atoms with Crippen LogP contribution in [0.5, 0.6) is 0 Å². The topological polar surface area (TPSA) is 82.8 Å². The fourth-order valence-corrected chi connectivity index (χ4v) is 1.79. The molecule has 0 bridgehead atoms. The van der Waals surface area contributed by atoms with Crippen molar-refractivity contribution in [2.24, 2.45) is 0 Å². The molecule has 1 aromatic heterocycles. The lowest BCUT2D eigenvalue weighted by Gasteiger charge is -2.16. The van der Waals surface area contributed by atoms with E-state index in [0.29, 0.717) is 18.8 Å². The number of urea groups is 1. The van der Waals surface area contributed by atoms with Gasteiger partial charge in [0.2, 0.25) is 0 Å². The molecule has 0 aliphatic rings. The van der Waals surface area contributed by atoms with Crippen LogP contribution in [0.1, 0.15) is 21.7 Å². The zero-order chi connectivity index (χ0) is 15.2. The highest BCUT2D eigenvalue weighted by atomic mass is 16.4. The molecule has 0 aliphatic carbocycles. The van der Waals surface area contributed by atoms with Gasteiger partial charge in [-0.1, -0.05) is 12.1 Å². The van der Waals surface area contributed by atoms with Gasteiger partial charge in [0.05, 0.1) is 18.4 Å². The lowest BCUT2D eigenvalue weighted by molar-refractivity contribution is 0.0697. The van der Waals surface area contributed by atoms with Crippen LogP contribution in [0.4, 0.5) is 4.79 Å². The summed E-state index contributed by atoms with van der Waals surface area (Å²) in [5.41, 5.74) is 1.06. The Labute approximate surface area is 122 Å². The molecule has 0 saturated heterocycles. The molecule has 0 aliphatic heterocycles. The van der Waals surface area contributed by atoms with E-state index in [-0.39, 0.29) is 11.6 Å². The molecule has 0 spiro atoms. The monoisotopic (exact) mass is 288 g/mol. The minimum Gasteiger partial charge on any atom is -0.478 e. The number of hydrogen-bond acceptors (Lipinski definition) is 3. The first-order chi connectivity index (χ1) is 10.1. The summed E-state index contributed by atoms with van der Waals surface area (Å²) in [5.74, 6) is -0.262. The number of nitrogens with one attached hydrogen (secondary N) is 1. The highest BCUT2D eigenvalue weighted by Gasteiger charge is 2.10. The van der Waals surface area contributed by atoms with Gasteiger partial charge in [0.15, 0.2) is 0 Å². The van der Waals surface area contributed by atoms with E-state index < -0.39 is 5.97 Å².